The third-order valence-corrected chi connectivity index (χ3v) is 3.18. The quantitative estimate of drug-likeness (QED) is 0.857. The van der Waals surface area contributed by atoms with E-state index in [0.717, 1.165) is 17.2 Å². The molecule has 0 aliphatic heterocycles. The molecule has 0 aliphatic rings. The van der Waals surface area contributed by atoms with Crippen molar-refractivity contribution in [3.8, 4) is 5.75 Å². The van der Waals surface area contributed by atoms with Crippen LogP contribution < -0.4 is 4.74 Å². The normalized spacial score (nSPS) is 12.0. The van der Waals surface area contributed by atoms with Crippen LogP contribution in [0.2, 0.25) is 0 Å². The summed E-state index contributed by atoms with van der Waals surface area (Å²) in [5.41, 5.74) is 2.00. The summed E-state index contributed by atoms with van der Waals surface area (Å²) in [6, 6.07) is 11.2. The molecule has 0 bridgehead atoms. The fourth-order valence-electron chi connectivity index (χ4n) is 1.96. The second-order valence-corrected chi connectivity index (χ2v) is 4.93. The Labute approximate surface area is 123 Å². The molecule has 1 N–H and O–H groups in total. The van der Waals surface area contributed by atoms with E-state index < -0.39 is 11.9 Å². The van der Waals surface area contributed by atoms with Crippen molar-refractivity contribution in [3.63, 3.8) is 0 Å². The zero-order valence-corrected chi connectivity index (χ0v) is 12.0. The number of halogens is 1. The fourth-order valence-corrected chi connectivity index (χ4v) is 1.96. The van der Waals surface area contributed by atoms with Crippen LogP contribution in [0.5, 0.6) is 5.75 Å². The van der Waals surface area contributed by atoms with Gasteiger partial charge >= 0.3 is 0 Å². The van der Waals surface area contributed by atoms with E-state index in [0.29, 0.717) is 0 Å². The summed E-state index contributed by atoms with van der Waals surface area (Å²) in [6.07, 6.45) is -0.810. The van der Waals surface area contributed by atoms with E-state index in [2.05, 4.69) is 0 Å². The Morgan fingerprint density at radius 3 is 2.52 bits per heavy atom. The highest BCUT2D eigenvalue weighted by molar-refractivity contribution is 5.96. The minimum atomic E-state index is -0.810. The van der Waals surface area contributed by atoms with Crippen molar-refractivity contribution in [1.82, 2.24) is 0 Å². The maximum absolute atomic E-state index is 13.2. The molecule has 2 aromatic rings. The van der Waals surface area contributed by atoms with E-state index in [-0.39, 0.29) is 23.7 Å². The van der Waals surface area contributed by atoms with Crippen molar-refractivity contribution in [2.45, 2.75) is 20.0 Å². The Kier molecular flexibility index (Phi) is 4.70. The van der Waals surface area contributed by atoms with Crippen molar-refractivity contribution >= 4 is 5.78 Å². The molecule has 0 aromatic heterocycles. The van der Waals surface area contributed by atoms with E-state index in [1.165, 1.54) is 19.1 Å². The highest BCUT2D eigenvalue weighted by Crippen LogP contribution is 2.22. The van der Waals surface area contributed by atoms with Crippen LogP contribution in [0, 0.1) is 12.7 Å². The molecule has 0 heterocycles. The van der Waals surface area contributed by atoms with E-state index >= 15 is 0 Å². The van der Waals surface area contributed by atoms with Crippen LogP contribution in [0.4, 0.5) is 4.39 Å². The van der Waals surface area contributed by atoms with Gasteiger partial charge in [-0.2, -0.15) is 0 Å². The third-order valence-electron chi connectivity index (χ3n) is 3.18. The smallest absolute Gasteiger partial charge is 0.163 e. The van der Waals surface area contributed by atoms with Gasteiger partial charge in [-0.25, -0.2) is 4.39 Å². The molecule has 0 saturated carbocycles. The summed E-state index contributed by atoms with van der Waals surface area (Å²) in [5.74, 6) is -0.504. The lowest BCUT2D eigenvalue weighted by Crippen LogP contribution is -2.11. The van der Waals surface area contributed by atoms with Crippen molar-refractivity contribution in [2.24, 2.45) is 0 Å². The predicted octanol–water partition coefficient (Wildman–Crippen LogP) is 3.45. The molecule has 1 unspecified atom stereocenters. The van der Waals surface area contributed by atoms with Gasteiger partial charge in [0.15, 0.2) is 5.78 Å². The molecule has 4 heteroatoms. The van der Waals surface area contributed by atoms with E-state index in [1.807, 2.05) is 31.2 Å². The molecule has 21 heavy (non-hydrogen) atoms. The molecule has 0 spiro atoms. The van der Waals surface area contributed by atoms with Crippen molar-refractivity contribution in [1.29, 1.82) is 0 Å². The molecule has 0 fully saturated rings. The lowest BCUT2D eigenvalue weighted by atomic mass is 10.1. The number of benzene rings is 2. The first-order valence-electron chi connectivity index (χ1n) is 6.65. The second kappa shape index (κ2) is 6.50. The Hall–Kier alpha value is -2.20. The highest BCUT2D eigenvalue weighted by atomic mass is 19.1. The van der Waals surface area contributed by atoms with Gasteiger partial charge < -0.3 is 9.84 Å². The van der Waals surface area contributed by atoms with Crippen LogP contribution in [-0.2, 0) is 0 Å². The van der Waals surface area contributed by atoms with Gasteiger partial charge in [-0.3, -0.25) is 4.79 Å². The van der Waals surface area contributed by atoms with Gasteiger partial charge in [0.2, 0.25) is 0 Å². The Morgan fingerprint density at radius 2 is 1.90 bits per heavy atom. The molecule has 1 atom stereocenters. The molecule has 2 aromatic carbocycles. The van der Waals surface area contributed by atoms with E-state index in [4.69, 9.17) is 4.74 Å². The Morgan fingerprint density at radius 1 is 1.24 bits per heavy atom. The molecule has 110 valence electrons. The van der Waals surface area contributed by atoms with Crippen LogP contribution in [0.25, 0.3) is 0 Å². The van der Waals surface area contributed by atoms with Crippen LogP contribution in [0.15, 0.2) is 42.5 Å². The van der Waals surface area contributed by atoms with Crippen LogP contribution in [0.3, 0.4) is 0 Å². The maximum Gasteiger partial charge on any atom is 0.163 e. The molecule has 0 amide bonds. The molecule has 2 rings (SSSR count). The summed E-state index contributed by atoms with van der Waals surface area (Å²) in [6.45, 7) is 3.30. The van der Waals surface area contributed by atoms with Gasteiger partial charge in [-0.05, 0) is 37.6 Å². The fraction of sp³-hybridized carbons (Fsp3) is 0.235. The predicted molar refractivity (Wildman–Crippen MR) is 78.0 cm³/mol. The molecule has 0 aliphatic carbocycles. The van der Waals surface area contributed by atoms with Crippen molar-refractivity contribution < 1.29 is 19.0 Å². The van der Waals surface area contributed by atoms with Gasteiger partial charge in [-0.15, -0.1) is 0 Å². The number of Topliss-reactive ketones (excluding diaryl/α,β-unsaturated/α-hetero) is 1. The van der Waals surface area contributed by atoms with Gasteiger partial charge in [0.25, 0.3) is 0 Å². The summed E-state index contributed by atoms with van der Waals surface area (Å²) < 4.78 is 18.6. The lowest BCUT2D eigenvalue weighted by Gasteiger charge is -2.14. The Bertz CT molecular complexity index is 635. The van der Waals surface area contributed by atoms with Crippen LogP contribution in [-0.4, -0.2) is 17.5 Å². The monoisotopic (exact) mass is 288 g/mol. The first kappa shape index (κ1) is 15.2. The first-order valence-corrected chi connectivity index (χ1v) is 6.65. The minimum Gasteiger partial charge on any atom is -0.490 e. The largest absolute Gasteiger partial charge is 0.490 e. The average Bonchev–Trinajstić information content (AvgIpc) is 2.46. The number of rotatable bonds is 5. The summed E-state index contributed by atoms with van der Waals surface area (Å²) >= 11 is 0. The topological polar surface area (TPSA) is 46.5 Å². The van der Waals surface area contributed by atoms with Crippen molar-refractivity contribution in [2.75, 3.05) is 6.61 Å². The van der Waals surface area contributed by atoms with Gasteiger partial charge in [0.1, 0.15) is 24.3 Å². The molecule has 0 saturated heterocycles. The molecule has 3 nitrogen and oxygen atoms in total. The Balaban J connectivity index is 2.09. The standard InChI is InChI=1S/C17H17FO3/c1-11-3-5-13(6-4-11)16(20)10-21-17-8-7-14(18)9-15(17)12(2)19/h3-9,16,20H,10H2,1-2H3. The number of hydrogen-bond donors (Lipinski definition) is 1. The lowest BCUT2D eigenvalue weighted by molar-refractivity contribution is 0.0976. The van der Waals surface area contributed by atoms with Crippen LogP contribution >= 0.6 is 0 Å². The number of aliphatic hydroxyl groups is 1. The molecular formula is C17H17FO3. The zero-order valence-electron chi connectivity index (χ0n) is 12.0. The maximum atomic E-state index is 13.2. The number of carbonyl (C=O) groups is 1. The van der Waals surface area contributed by atoms with Crippen molar-refractivity contribution in [3.05, 3.63) is 65.0 Å². The number of ketones is 1. The number of hydrogen-bond acceptors (Lipinski definition) is 3. The average molecular weight is 288 g/mol. The third kappa shape index (κ3) is 3.89. The molecule has 0 radical (unpaired) electrons. The number of aryl methyl sites for hydroxylation is 1. The van der Waals surface area contributed by atoms with E-state index in [9.17, 15) is 14.3 Å². The van der Waals surface area contributed by atoms with Gasteiger partial charge in [0.05, 0.1) is 5.56 Å². The summed E-state index contributed by atoms with van der Waals surface area (Å²) in [4.78, 5) is 11.5. The number of aliphatic hydroxyl groups excluding tert-OH is 1. The molecular weight excluding hydrogens is 271 g/mol. The van der Waals surface area contributed by atoms with Gasteiger partial charge in [-0.1, -0.05) is 29.8 Å². The highest BCUT2D eigenvalue weighted by Gasteiger charge is 2.13. The number of carbonyl (C=O) groups excluding carboxylic acids is 1. The first-order chi connectivity index (χ1) is 9.97. The van der Waals surface area contributed by atoms with Gasteiger partial charge in [0, 0.05) is 0 Å². The second-order valence-electron chi connectivity index (χ2n) is 4.93. The SMILES string of the molecule is CC(=O)c1cc(F)ccc1OCC(O)c1ccc(C)cc1. The number of ether oxygens (including phenoxy) is 1. The zero-order chi connectivity index (χ0) is 15.4. The van der Waals surface area contributed by atoms with E-state index in [1.54, 1.807) is 0 Å². The summed E-state index contributed by atoms with van der Waals surface area (Å²) in [5, 5.41) is 10.1. The van der Waals surface area contributed by atoms with Crippen LogP contribution in [0.1, 0.15) is 34.5 Å². The summed E-state index contributed by atoms with van der Waals surface area (Å²) in [7, 11) is 0. The minimum absolute atomic E-state index is 0.00499.